The van der Waals surface area contributed by atoms with E-state index in [1.807, 2.05) is 0 Å². The molecule has 0 aromatic heterocycles. The molecule has 0 radical (unpaired) electrons. The Bertz CT molecular complexity index is 199. The Balaban J connectivity index is 3.86. The Morgan fingerprint density at radius 3 is 2.31 bits per heavy atom. The van der Waals surface area contributed by atoms with Gasteiger partial charge in [-0.15, -0.1) is 0 Å². The van der Waals surface area contributed by atoms with Gasteiger partial charge in [-0.1, -0.05) is 46.5 Å². The third-order valence-corrected chi connectivity index (χ3v) is 2.97. The summed E-state index contributed by atoms with van der Waals surface area (Å²) >= 11 is 0. The first-order valence-electron chi connectivity index (χ1n) is 6.60. The third-order valence-electron chi connectivity index (χ3n) is 2.97. The number of hydrogen-bond acceptors (Lipinski definition) is 2. The summed E-state index contributed by atoms with van der Waals surface area (Å²) in [5.74, 6) is 0.686. The van der Waals surface area contributed by atoms with Crippen molar-refractivity contribution in [3.8, 4) is 0 Å². The predicted molar refractivity (Wildman–Crippen MR) is 67.4 cm³/mol. The minimum atomic E-state index is -0.0405. The normalized spacial score (nSPS) is 14.4. The van der Waals surface area contributed by atoms with E-state index in [-0.39, 0.29) is 11.7 Å². The summed E-state index contributed by atoms with van der Waals surface area (Å²) in [5, 5.41) is 0. The summed E-state index contributed by atoms with van der Waals surface area (Å²) in [7, 11) is 0. The SMILES string of the molecule is CCCCC(C=O)CC(=O)CC(C)CCC. The van der Waals surface area contributed by atoms with Gasteiger partial charge in [-0.05, 0) is 12.3 Å². The smallest absolute Gasteiger partial charge is 0.133 e. The average Bonchev–Trinajstić information content (AvgIpc) is 2.24. The van der Waals surface area contributed by atoms with Crippen molar-refractivity contribution in [2.75, 3.05) is 0 Å². The quantitative estimate of drug-likeness (QED) is 0.531. The van der Waals surface area contributed by atoms with Crippen molar-refractivity contribution >= 4 is 12.1 Å². The largest absolute Gasteiger partial charge is 0.303 e. The van der Waals surface area contributed by atoms with Crippen LogP contribution in [0.1, 0.15) is 65.7 Å². The first kappa shape index (κ1) is 15.3. The molecular formula is C14H26O2. The number of ketones is 1. The zero-order valence-corrected chi connectivity index (χ0v) is 11.0. The van der Waals surface area contributed by atoms with Gasteiger partial charge in [0.2, 0.25) is 0 Å². The molecule has 2 atom stereocenters. The van der Waals surface area contributed by atoms with Crippen molar-refractivity contribution in [1.29, 1.82) is 0 Å². The second kappa shape index (κ2) is 9.56. The Labute approximate surface area is 99.8 Å². The minimum Gasteiger partial charge on any atom is -0.303 e. The highest BCUT2D eigenvalue weighted by atomic mass is 16.1. The minimum absolute atomic E-state index is 0.0405. The molecular weight excluding hydrogens is 200 g/mol. The molecule has 0 aromatic carbocycles. The third kappa shape index (κ3) is 7.61. The number of Topliss-reactive ketones (excluding diaryl/α,β-unsaturated/α-hetero) is 1. The van der Waals surface area contributed by atoms with Gasteiger partial charge in [-0.2, -0.15) is 0 Å². The van der Waals surface area contributed by atoms with Gasteiger partial charge >= 0.3 is 0 Å². The van der Waals surface area contributed by atoms with E-state index in [9.17, 15) is 9.59 Å². The van der Waals surface area contributed by atoms with Crippen molar-refractivity contribution in [2.45, 2.75) is 65.7 Å². The number of carbonyl (C=O) groups is 2. The van der Waals surface area contributed by atoms with Crippen LogP contribution < -0.4 is 0 Å². The fraction of sp³-hybridized carbons (Fsp3) is 0.857. The Morgan fingerprint density at radius 2 is 1.81 bits per heavy atom. The zero-order chi connectivity index (χ0) is 12.4. The standard InChI is InChI=1S/C14H26O2/c1-4-6-8-13(11-15)10-14(16)9-12(3)7-5-2/h11-13H,4-10H2,1-3H3. The van der Waals surface area contributed by atoms with Crippen molar-refractivity contribution < 1.29 is 9.59 Å². The van der Waals surface area contributed by atoms with E-state index in [0.29, 0.717) is 18.8 Å². The second-order valence-corrected chi connectivity index (χ2v) is 4.88. The van der Waals surface area contributed by atoms with Crippen LogP contribution in [0.3, 0.4) is 0 Å². The fourth-order valence-corrected chi connectivity index (χ4v) is 2.04. The van der Waals surface area contributed by atoms with Crippen LogP contribution in [0.2, 0.25) is 0 Å². The van der Waals surface area contributed by atoms with Crippen LogP contribution in [0.15, 0.2) is 0 Å². The topological polar surface area (TPSA) is 34.1 Å². The van der Waals surface area contributed by atoms with Gasteiger partial charge < -0.3 is 4.79 Å². The summed E-state index contributed by atoms with van der Waals surface area (Å²) < 4.78 is 0. The van der Waals surface area contributed by atoms with Gasteiger partial charge in [0.15, 0.2) is 0 Å². The van der Waals surface area contributed by atoms with Crippen LogP contribution in [0.4, 0.5) is 0 Å². The first-order chi connectivity index (χ1) is 7.63. The highest BCUT2D eigenvalue weighted by molar-refractivity contribution is 5.81. The molecule has 0 N–H and O–H groups in total. The van der Waals surface area contributed by atoms with E-state index in [4.69, 9.17) is 0 Å². The molecule has 2 nitrogen and oxygen atoms in total. The van der Waals surface area contributed by atoms with Crippen molar-refractivity contribution in [3.05, 3.63) is 0 Å². The van der Waals surface area contributed by atoms with E-state index in [0.717, 1.165) is 38.4 Å². The Hall–Kier alpha value is -0.660. The molecule has 16 heavy (non-hydrogen) atoms. The van der Waals surface area contributed by atoms with Gasteiger partial charge in [0.05, 0.1) is 0 Å². The molecule has 2 heteroatoms. The van der Waals surface area contributed by atoms with Crippen LogP contribution in [-0.4, -0.2) is 12.1 Å². The lowest BCUT2D eigenvalue weighted by atomic mass is 9.92. The lowest BCUT2D eigenvalue weighted by Gasteiger charge is -2.12. The van der Waals surface area contributed by atoms with Gasteiger partial charge in [0.25, 0.3) is 0 Å². The lowest BCUT2D eigenvalue weighted by molar-refractivity contribution is -0.123. The molecule has 0 aliphatic carbocycles. The maximum absolute atomic E-state index is 11.7. The molecule has 0 bridgehead atoms. The fourth-order valence-electron chi connectivity index (χ4n) is 2.04. The molecule has 0 saturated heterocycles. The van der Waals surface area contributed by atoms with Crippen LogP contribution in [0.5, 0.6) is 0 Å². The average molecular weight is 226 g/mol. The van der Waals surface area contributed by atoms with Crippen molar-refractivity contribution in [1.82, 2.24) is 0 Å². The molecule has 0 fully saturated rings. The summed E-state index contributed by atoms with van der Waals surface area (Å²) in [6.45, 7) is 6.35. The van der Waals surface area contributed by atoms with Crippen molar-refractivity contribution in [3.63, 3.8) is 0 Å². The van der Waals surface area contributed by atoms with Crippen molar-refractivity contribution in [2.24, 2.45) is 11.8 Å². The zero-order valence-electron chi connectivity index (χ0n) is 11.0. The highest BCUT2D eigenvalue weighted by Crippen LogP contribution is 2.16. The lowest BCUT2D eigenvalue weighted by Crippen LogP contribution is -2.12. The Morgan fingerprint density at radius 1 is 1.12 bits per heavy atom. The molecule has 0 aromatic rings. The number of rotatable bonds is 10. The summed E-state index contributed by atoms with van der Waals surface area (Å²) in [6.07, 6.45) is 7.29. The van der Waals surface area contributed by atoms with E-state index in [2.05, 4.69) is 20.8 Å². The van der Waals surface area contributed by atoms with Crippen LogP contribution in [0.25, 0.3) is 0 Å². The van der Waals surface area contributed by atoms with E-state index in [1.54, 1.807) is 0 Å². The molecule has 0 saturated carbocycles. The number of hydrogen-bond donors (Lipinski definition) is 0. The number of carbonyl (C=O) groups excluding carboxylic acids is 2. The number of unbranched alkanes of at least 4 members (excludes halogenated alkanes) is 1. The molecule has 0 aliphatic heterocycles. The van der Waals surface area contributed by atoms with E-state index >= 15 is 0 Å². The van der Waals surface area contributed by atoms with Gasteiger partial charge in [0, 0.05) is 18.8 Å². The predicted octanol–water partition coefficient (Wildman–Crippen LogP) is 3.78. The van der Waals surface area contributed by atoms with Gasteiger partial charge in [-0.3, -0.25) is 4.79 Å². The Kier molecular flexibility index (Phi) is 9.16. The monoisotopic (exact) mass is 226 g/mol. The van der Waals surface area contributed by atoms with Gasteiger partial charge in [-0.25, -0.2) is 0 Å². The second-order valence-electron chi connectivity index (χ2n) is 4.88. The van der Waals surface area contributed by atoms with E-state index in [1.165, 1.54) is 0 Å². The summed E-state index contributed by atoms with van der Waals surface area (Å²) in [6, 6.07) is 0. The maximum atomic E-state index is 11.7. The molecule has 94 valence electrons. The number of aldehydes is 1. The molecule has 0 aliphatic rings. The molecule has 0 heterocycles. The van der Waals surface area contributed by atoms with Crippen LogP contribution in [-0.2, 0) is 9.59 Å². The molecule has 0 rings (SSSR count). The molecule has 2 unspecified atom stereocenters. The van der Waals surface area contributed by atoms with E-state index < -0.39 is 0 Å². The van der Waals surface area contributed by atoms with Crippen LogP contribution in [0, 0.1) is 11.8 Å². The van der Waals surface area contributed by atoms with Crippen LogP contribution >= 0.6 is 0 Å². The molecule has 0 spiro atoms. The summed E-state index contributed by atoms with van der Waals surface area (Å²) in [4.78, 5) is 22.5. The van der Waals surface area contributed by atoms with Gasteiger partial charge in [0.1, 0.15) is 12.1 Å². The highest BCUT2D eigenvalue weighted by Gasteiger charge is 2.14. The maximum Gasteiger partial charge on any atom is 0.133 e. The first-order valence-corrected chi connectivity index (χ1v) is 6.60. The summed E-state index contributed by atoms with van der Waals surface area (Å²) in [5.41, 5.74) is 0. The molecule has 0 amide bonds.